The number of fused-ring (bicyclic) bond motifs is 3. The predicted molar refractivity (Wildman–Crippen MR) is 121 cm³/mol. The van der Waals surface area contributed by atoms with Crippen LogP contribution in [0.2, 0.25) is 0 Å². The number of carbonyl (C=O) groups is 2. The van der Waals surface area contributed by atoms with Gasteiger partial charge >= 0.3 is 5.97 Å². The maximum absolute atomic E-state index is 13.1. The highest BCUT2D eigenvalue weighted by atomic mass is 16.5. The first kappa shape index (κ1) is 21.7. The Kier molecular flexibility index (Phi) is 5.50. The number of amides is 1. The number of esters is 1. The SMILES string of the molecule is CCOC(=O)c1[nH]c2ccc(OC)cc2c1NC(=O)CN1C[C@]2(C)C[C@H]1CC(C)(C)C2. The molecule has 1 aromatic heterocycles. The maximum atomic E-state index is 13.1. The van der Waals surface area contributed by atoms with Crippen LogP contribution in [0, 0.1) is 10.8 Å². The number of likely N-dealkylation sites (tertiary alicyclic amines) is 1. The lowest BCUT2D eigenvalue weighted by Gasteiger charge is -2.39. The van der Waals surface area contributed by atoms with E-state index in [1.807, 2.05) is 18.2 Å². The number of nitrogens with zero attached hydrogens (tertiary/aromatic N) is 1. The number of aromatic nitrogens is 1. The second-order valence-corrected chi connectivity index (χ2v) is 10.2. The van der Waals surface area contributed by atoms with E-state index in [1.165, 1.54) is 6.42 Å². The summed E-state index contributed by atoms with van der Waals surface area (Å²) < 4.78 is 10.5. The number of anilines is 1. The Morgan fingerprint density at radius 3 is 2.74 bits per heavy atom. The van der Waals surface area contributed by atoms with Gasteiger partial charge in [-0.25, -0.2) is 4.79 Å². The van der Waals surface area contributed by atoms with Crippen LogP contribution in [0.15, 0.2) is 18.2 Å². The summed E-state index contributed by atoms with van der Waals surface area (Å²) in [6.07, 6.45) is 3.43. The van der Waals surface area contributed by atoms with Crippen LogP contribution in [-0.4, -0.2) is 54.6 Å². The highest BCUT2D eigenvalue weighted by Crippen LogP contribution is 2.52. The molecular weight excluding hydrogens is 394 g/mol. The number of methoxy groups -OCH3 is 1. The summed E-state index contributed by atoms with van der Waals surface area (Å²) in [5.41, 5.74) is 2.01. The number of H-pyrrole nitrogens is 1. The van der Waals surface area contributed by atoms with Gasteiger partial charge in [0.25, 0.3) is 0 Å². The second-order valence-electron chi connectivity index (χ2n) is 10.2. The van der Waals surface area contributed by atoms with E-state index in [2.05, 4.69) is 36.0 Å². The van der Waals surface area contributed by atoms with Crippen molar-refractivity contribution < 1.29 is 19.1 Å². The van der Waals surface area contributed by atoms with Crippen molar-refractivity contribution in [1.82, 2.24) is 9.88 Å². The van der Waals surface area contributed by atoms with E-state index in [9.17, 15) is 9.59 Å². The molecular formula is C24H33N3O4. The van der Waals surface area contributed by atoms with Crippen molar-refractivity contribution in [3.63, 3.8) is 0 Å². The molecule has 2 aliphatic rings. The molecule has 2 aromatic rings. The summed E-state index contributed by atoms with van der Waals surface area (Å²) in [6.45, 7) is 10.3. The normalized spacial score (nSPS) is 24.9. The third-order valence-electron chi connectivity index (χ3n) is 6.62. The predicted octanol–water partition coefficient (Wildman–Crippen LogP) is 4.19. The number of rotatable bonds is 6. The van der Waals surface area contributed by atoms with E-state index < -0.39 is 5.97 Å². The second kappa shape index (κ2) is 7.86. The van der Waals surface area contributed by atoms with Crippen LogP contribution in [-0.2, 0) is 9.53 Å². The minimum absolute atomic E-state index is 0.122. The minimum atomic E-state index is -0.487. The van der Waals surface area contributed by atoms with Gasteiger partial charge in [-0.2, -0.15) is 0 Å². The standard InChI is InChI=1S/C24H33N3O4/c1-6-31-22(29)21-20(17-9-16(30-5)7-8-18(17)25-21)26-19(28)12-27-14-24(4)11-15(27)10-23(2,3)13-24/h7-9,15,25H,6,10-14H2,1-5H3,(H,26,28)/t15-,24-/m1/s1. The number of nitrogens with one attached hydrogen (secondary N) is 2. The van der Waals surface area contributed by atoms with Gasteiger partial charge < -0.3 is 19.8 Å². The molecule has 1 saturated heterocycles. The van der Waals surface area contributed by atoms with Crippen LogP contribution in [0.5, 0.6) is 5.75 Å². The highest BCUT2D eigenvalue weighted by molar-refractivity contribution is 6.11. The molecule has 0 unspecified atom stereocenters. The molecule has 0 spiro atoms. The Labute approximate surface area is 183 Å². The summed E-state index contributed by atoms with van der Waals surface area (Å²) in [7, 11) is 1.59. The number of ether oxygens (including phenoxy) is 2. The minimum Gasteiger partial charge on any atom is -0.497 e. The number of aromatic amines is 1. The maximum Gasteiger partial charge on any atom is 0.356 e. The van der Waals surface area contributed by atoms with Crippen molar-refractivity contribution in [2.45, 2.75) is 53.0 Å². The van der Waals surface area contributed by atoms with Gasteiger partial charge in [-0.3, -0.25) is 9.69 Å². The van der Waals surface area contributed by atoms with Crippen LogP contribution in [0.4, 0.5) is 5.69 Å². The van der Waals surface area contributed by atoms with Crippen LogP contribution in [0.3, 0.4) is 0 Å². The van der Waals surface area contributed by atoms with Gasteiger partial charge in [0.05, 0.1) is 25.9 Å². The van der Waals surface area contributed by atoms with Crippen molar-refractivity contribution >= 4 is 28.5 Å². The quantitative estimate of drug-likeness (QED) is 0.676. The van der Waals surface area contributed by atoms with Gasteiger partial charge in [0.2, 0.25) is 5.91 Å². The first-order chi connectivity index (χ1) is 14.6. The zero-order valence-corrected chi connectivity index (χ0v) is 19.1. The molecule has 7 nitrogen and oxygen atoms in total. The molecule has 1 aromatic carbocycles. The van der Waals surface area contributed by atoms with Gasteiger partial charge in [-0.05, 0) is 55.2 Å². The zero-order valence-electron chi connectivity index (χ0n) is 19.1. The molecule has 2 bridgehead atoms. The van der Waals surface area contributed by atoms with Gasteiger partial charge in [-0.15, -0.1) is 0 Å². The van der Waals surface area contributed by atoms with E-state index in [4.69, 9.17) is 9.47 Å². The van der Waals surface area contributed by atoms with E-state index >= 15 is 0 Å². The summed E-state index contributed by atoms with van der Waals surface area (Å²) in [6, 6.07) is 5.88. The molecule has 2 atom stereocenters. The van der Waals surface area contributed by atoms with Crippen molar-refractivity contribution in [3.8, 4) is 5.75 Å². The third kappa shape index (κ3) is 4.28. The Bertz CT molecular complexity index is 1010. The van der Waals surface area contributed by atoms with Crippen LogP contribution >= 0.6 is 0 Å². The lowest BCUT2D eigenvalue weighted by atomic mass is 9.65. The molecule has 2 N–H and O–H groups in total. The summed E-state index contributed by atoms with van der Waals surface area (Å²) in [5.74, 6) is 0.0448. The lowest BCUT2D eigenvalue weighted by Crippen LogP contribution is -2.38. The number of hydrogen-bond donors (Lipinski definition) is 2. The van der Waals surface area contributed by atoms with Gasteiger partial charge in [0, 0.05) is 23.5 Å². The highest BCUT2D eigenvalue weighted by Gasteiger charge is 2.49. The van der Waals surface area contributed by atoms with E-state index in [-0.39, 0.29) is 23.6 Å². The smallest absolute Gasteiger partial charge is 0.356 e. The monoisotopic (exact) mass is 427 g/mol. The van der Waals surface area contributed by atoms with Crippen molar-refractivity contribution in [1.29, 1.82) is 0 Å². The number of carbonyl (C=O) groups excluding carboxylic acids is 2. The van der Waals surface area contributed by atoms with E-state index in [1.54, 1.807) is 14.0 Å². The molecule has 7 heteroatoms. The largest absolute Gasteiger partial charge is 0.497 e. The van der Waals surface area contributed by atoms with Crippen molar-refractivity contribution in [3.05, 3.63) is 23.9 Å². The molecule has 0 radical (unpaired) electrons. The van der Waals surface area contributed by atoms with Gasteiger partial charge in [0.1, 0.15) is 11.4 Å². The molecule has 2 fully saturated rings. The molecule has 1 aliphatic carbocycles. The third-order valence-corrected chi connectivity index (χ3v) is 6.62. The number of hydrogen-bond acceptors (Lipinski definition) is 5. The topological polar surface area (TPSA) is 83.7 Å². The fourth-order valence-corrected chi connectivity index (χ4v) is 5.91. The molecule has 31 heavy (non-hydrogen) atoms. The molecule has 1 amide bonds. The average molecular weight is 428 g/mol. The molecule has 4 rings (SSSR count). The summed E-state index contributed by atoms with van der Waals surface area (Å²) in [4.78, 5) is 31.0. The van der Waals surface area contributed by atoms with Crippen LogP contribution in [0.25, 0.3) is 10.9 Å². The lowest BCUT2D eigenvalue weighted by molar-refractivity contribution is -0.117. The van der Waals surface area contributed by atoms with E-state index in [0.717, 1.165) is 30.3 Å². The fraction of sp³-hybridized carbons (Fsp3) is 0.583. The summed E-state index contributed by atoms with van der Waals surface area (Å²) >= 11 is 0. The van der Waals surface area contributed by atoms with Crippen LogP contribution < -0.4 is 10.1 Å². The van der Waals surface area contributed by atoms with Crippen molar-refractivity contribution in [2.24, 2.45) is 10.8 Å². The fourth-order valence-electron chi connectivity index (χ4n) is 5.91. The molecule has 1 saturated carbocycles. The van der Waals surface area contributed by atoms with Crippen LogP contribution in [0.1, 0.15) is 57.4 Å². The Hall–Kier alpha value is -2.54. The Balaban J connectivity index is 1.58. The van der Waals surface area contributed by atoms with E-state index in [0.29, 0.717) is 29.4 Å². The summed E-state index contributed by atoms with van der Waals surface area (Å²) in [5, 5.41) is 3.72. The Morgan fingerprint density at radius 2 is 2.03 bits per heavy atom. The number of benzene rings is 1. The average Bonchev–Trinajstić information content (AvgIpc) is 3.14. The molecule has 2 heterocycles. The zero-order chi connectivity index (χ0) is 22.4. The van der Waals surface area contributed by atoms with Crippen molar-refractivity contribution in [2.75, 3.05) is 32.1 Å². The van der Waals surface area contributed by atoms with Gasteiger partial charge in [0.15, 0.2) is 0 Å². The molecule has 168 valence electrons. The Morgan fingerprint density at radius 1 is 1.26 bits per heavy atom. The first-order valence-electron chi connectivity index (χ1n) is 11.0. The van der Waals surface area contributed by atoms with Gasteiger partial charge in [-0.1, -0.05) is 20.8 Å². The first-order valence-corrected chi connectivity index (χ1v) is 11.0. The molecule has 1 aliphatic heterocycles.